The van der Waals surface area contributed by atoms with Gasteiger partial charge >= 0.3 is 0 Å². The van der Waals surface area contributed by atoms with Crippen molar-refractivity contribution in [2.45, 2.75) is 32.0 Å². The van der Waals surface area contributed by atoms with Crippen molar-refractivity contribution in [2.75, 3.05) is 0 Å². The number of aryl methyl sites for hydroxylation is 1. The van der Waals surface area contributed by atoms with Crippen molar-refractivity contribution < 1.29 is 9.90 Å². The van der Waals surface area contributed by atoms with Crippen LogP contribution in [0, 0.1) is 0 Å². The van der Waals surface area contributed by atoms with Crippen molar-refractivity contribution in [2.24, 2.45) is 0 Å². The summed E-state index contributed by atoms with van der Waals surface area (Å²) in [5.41, 5.74) is 2.59. The number of fused-ring (bicyclic) bond motifs is 1. The molecule has 1 aliphatic heterocycles. The quantitative estimate of drug-likeness (QED) is 0.935. The normalized spacial score (nSPS) is 18.7. The molecule has 0 fully saturated rings. The second-order valence-electron chi connectivity index (χ2n) is 5.55. The first-order valence-electron chi connectivity index (χ1n) is 7.32. The molecule has 2 atom stereocenters. The summed E-state index contributed by atoms with van der Waals surface area (Å²) in [6, 6.07) is 17.5. The minimum Gasteiger partial charge on any atom is -0.369 e. The van der Waals surface area contributed by atoms with Gasteiger partial charge < -0.3 is 10.0 Å². The number of benzene rings is 2. The lowest BCUT2D eigenvalue weighted by Crippen LogP contribution is -2.36. The molecule has 1 N–H and O–H groups in total. The summed E-state index contributed by atoms with van der Waals surface area (Å²) in [6.45, 7) is 2.00. The highest BCUT2D eigenvalue weighted by Crippen LogP contribution is 2.33. The van der Waals surface area contributed by atoms with E-state index in [0.29, 0.717) is 11.1 Å². The fraction of sp³-hybridized carbons (Fsp3) is 0.278. The van der Waals surface area contributed by atoms with E-state index in [9.17, 15) is 9.90 Å². The highest BCUT2D eigenvalue weighted by molar-refractivity contribution is 5.99. The van der Waals surface area contributed by atoms with E-state index in [1.165, 1.54) is 5.56 Å². The van der Waals surface area contributed by atoms with Crippen LogP contribution in [0.15, 0.2) is 54.6 Å². The summed E-state index contributed by atoms with van der Waals surface area (Å²) in [4.78, 5) is 14.0. The van der Waals surface area contributed by atoms with Crippen molar-refractivity contribution in [1.82, 2.24) is 4.90 Å². The molecule has 0 unspecified atom stereocenters. The average Bonchev–Trinajstić information content (AvgIpc) is 2.78. The Morgan fingerprint density at radius 1 is 1.10 bits per heavy atom. The summed E-state index contributed by atoms with van der Waals surface area (Å²) in [5.74, 6) is -0.0707. The third kappa shape index (κ3) is 2.57. The molecule has 0 saturated carbocycles. The standard InChI is InChI=1S/C18H19NO2/c1-13(11-12-14-7-3-2-4-8-14)19-17(20)15-9-5-6-10-16(15)18(19)21/h2-10,13,17,20H,11-12H2,1H3/t13-,17-/m1/s1. The van der Waals surface area contributed by atoms with Crippen molar-refractivity contribution in [3.05, 3.63) is 71.3 Å². The second kappa shape index (κ2) is 5.70. The Bertz CT molecular complexity index is 639. The number of hydrogen-bond donors (Lipinski definition) is 1. The molecule has 0 spiro atoms. The second-order valence-corrected chi connectivity index (χ2v) is 5.55. The average molecular weight is 281 g/mol. The molecule has 2 aromatic rings. The Hall–Kier alpha value is -2.13. The van der Waals surface area contributed by atoms with Crippen LogP contribution in [0.25, 0.3) is 0 Å². The van der Waals surface area contributed by atoms with Gasteiger partial charge in [-0.3, -0.25) is 4.79 Å². The van der Waals surface area contributed by atoms with Crippen LogP contribution in [0.3, 0.4) is 0 Å². The summed E-state index contributed by atoms with van der Waals surface area (Å²) in [5, 5.41) is 10.4. The van der Waals surface area contributed by atoms with Crippen LogP contribution in [-0.2, 0) is 6.42 Å². The Labute approximate surface area is 124 Å². The van der Waals surface area contributed by atoms with Gasteiger partial charge in [-0.15, -0.1) is 0 Å². The van der Waals surface area contributed by atoms with E-state index in [1.54, 1.807) is 11.0 Å². The first-order chi connectivity index (χ1) is 10.2. The van der Waals surface area contributed by atoms with Gasteiger partial charge in [-0.1, -0.05) is 48.5 Å². The van der Waals surface area contributed by atoms with Crippen molar-refractivity contribution in [3.8, 4) is 0 Å². The molecule has 0 aliphatic carbocycles. The lowest BCUT2D eigenvalue weighted by Gasteiger charge is -2.28. The molecule has 1 amide bonds. The number of amides is 1. The zero-order valence-corrected chi connectivity index (χ0v) is 12.1. The van der Waals surface area contributed by atoms with E-state index in [2.05, 4.69) is 12.1 Å². The SMILES string of the molecule is C[C@H](CCc1ccccc1)N1C(=O)c2ccccc2[C@H]1O. The van der Waals surface area contributed by atoms with Crippen LogP contribution >= 0.6 is 0 Å². The van der Waals surface area contributed by atoms with E-state index in [1.807, 2.05) is 43.3 Å². The smallest absolute Gasteiger partial charge is 0.256 e. The minimum atomic E-state index is -0.820. The molecular weight excluding hydrogens is 262 g/mol. The summed E-state index contributed by atoms with van der Waals surface area (Å²) in [6.07, 6.45) is 0.912. The first-order valence-corrected chi connectivity index (χ1v) is 7.32. The van der Waals surface area contributed by atoms with Crippen molar-refractivity contribution in [1.29, 1.82) is 0 Å². The molecule has 21 heavy (non-hydrogen) atoms. The predicted octanol–water partition coefficient (Wildman–Crippen LogP) is 3.15. The maximum absolute atomic E-state index is 12.4. The summed E-state index contributed by atoms with van der Waals surface area (Å²) in [7, 11) is 0. The Morgan fingerprint density at radius 3 is 2.48 bits per heavy atom. The monoisotopic (exact) mass is 281 g/mol. The van der Waals surface area contributed by atoms with Gasteiger partial charge in [-0.25, -0.2) is 0 Å². The van der Waals surface area contributed by atoms with E-state index >= 15 is 0 Å². The van der Waals surface area contributed by atoms with Crippen LogP contribution in [0.1, 0.15) is 41.1 Å². The molecule has 3 rings (SSSR count). The molecular formula is C18H19NO2. The van der Waals surface area contributed by atoms with Gasteiger partial charge in [0.15, 0.2) is 6.23 Å². The van der Waals surface area contributed by atoms with E-state index < -0.39 is 6.23 Å². The van der Waals surface area contributed by atoms with Gasteiger partial charge in [0.05, 0.1) is 0 Å². The molecule has 3 heteroatoms. The number of nitrogens with zero attached hydrogens (tertiary/aromatic N) is 1. The zero-order valence-electron chi connectivity index (χ0n) is 12.1. The number of aliphatic hydroxyl groups is 1. The Balaban J connectivity index is 1.71. The van der Waals surface area contributed by atoms with Crippen LogP contribution in [0.5, 0.6) is 0 Å². The van der Waals surface area contributed by atoms with Gasteiger partial charge in [-0.05, 0) is 31.4 Å². The van der Waals surface area contributed by atoms with E-state index in [4.69, 9.17) is 0 Å². The minimum absolute atomic E-state index is 0.0000983. The third-order valence-corrected chi connectivity index (χ3v) is 4.14. The van der Waals surface area contributed by atoms with E-state index in [-0.39, 0.29) is 11.9 Å². The number of rotatable bonds is 4. The van der Waals surface area contributed by atoms with Gasteiger partial charge in [-0.2, -0.15) is 0 Å². The fourth-order valence-corrected chi connectivity index (χ4v) is 2.92. The maximum Gasteiger partial charge on any atom is 0.256 e. The van der Waals surface area contributed by atoms with Gasteiger partial charge in [0, 0.05) is 17.2 Å². The molecule has 0 bridgehead atoms. The molecule has 0 saturated heterocycles. The Morgan fingerprint density at radius 2 is 1.76 bits per heavy atom. The lowest BCUT2D eigenvalue weighted by molar-refractivity contribution is -0.00118. The Kier molecular flexibility index (Phi) is 3.76. The van der Waals surface area contributed by atoms with Gasteiger partial charge in [0.2, 0.25) is 0 Å². The van der Waals surface area contributed by atoms with Crippen LogP contribution in [0.2, 0.25) is 0 Å². The van der Waals surface area contributed by atoms with Gasteiger partial charge in [0.25, 0.3) is 5.91 Å². The summed E-state index contributed by atoms with van der Waals surface area (Å²) >= 11 is 0. The van der Waals surface area contributed by atoms with Crippen LogP contribution in [-0.4, -0.2) is 22.0 Å². The molecule has 1 aliphatic rings. The molecule has 1 heterocycles. The molecule has 3 nitrogen and oxygen atoms in total. The molecule has 0 radical (unpaired) electrons. The topological polar surface area (TPSA) is 40.5 Å². The first kappa shape index (κ1) is 13.8. The third-order valence-electron chi connectivity index (χ3n) is 4.14. The van der Waals surface area contributed by atoms with Crippen LogP contribution in [0.4, 0.5) is 0 Å². The molecule has 108 valence electrons. The van der Waals surface area contributed by atoms with E-state index in [0.717, 1.165) is 12.8 Å². The lowest BCUT2D eigenvalue weighted by atomic mass is 10.1. The number of carbonyl (C=O) groups excluding carboxylic acids is 1. The van der Waals surface area contributed by atoms with Crippen molar-refractivity contribution >= 4 is 5.91 Å². The number of carbonyl (C=O) groups is 1. The molecule has 0 aromatic heterocycles. The highest BCUT2D eigenvalue weighted by Gasteiger charge is 2.37. The van der Waals surface area contributed by atoms with Crippen LogP contribution < -0.4 is 0 Å². The summed E-state index contributed by atoms with van der Waals surface area (Å²) < 4.78 is 0. The maximum atomic E-state index is 12.4. The van der Waals surface area contributed by atoms with Crippen molar-refractivity contribution in [3.63, 3.8) is 0 Å². The number of hydrogen-bond acceptors (Lipinski definition) is 2. The zero-order chi connectivity index (χ0) is 14.8. The predicted molar refractivity (Wildman–Crippen MR) is 81.8 cm³/mol. The number of aliphatic hydroxyl groups excluding tert-OH is 1. The fourth-order valence-electron chi connectivity index (χ4n) is 2.92. The van der Waals surface area contributed by atoms with Gasteiger partial charge in [0.1, 0.15) is 0 Å². The highest BCUT2D eigenvalue weighted by atomic mass is 16.3. The molecule has 2 aromatic carbocycles. The largest absolute Gasteiger partial charge is 0.369 e.